The molecule has 22 heavy (non-hydrogen) atoms. The molecule has 0 fully saturated rings. The van der Waals surface area contributed by atoms with Crippen molar-refractivity contribution in [3.8, 4) is 0 Å². The first-order valence-corrected chi connectivity index (χ1v) is 8.99. The molecule has 1 aromatic rings. The van der Waals surface area contributed by atoms with Gasteiger partial charge < -0.3 is 4.74 Å². The molecule has 0 saturated heterocycles. The van der Waals surface area contributed by atoms with Gasteiger partial charge in [-0.15, -0.1) is 0 Å². The zero-order valence-electron chi connectivity index (χ0n) is 13.1. The number of benzene rings is 1. The summed E-state index contributed by atoms with van der Waals surface area (Å²) in [5, 5.41) is 0. The summed E-state index contributed by atoms with van der Waals surface area (Å²) >= 11 is 0. The highest BCUT2D eigenvalue weighted by Gasteiger charge is 2.39. The number of rotatable bonds is 7. The van der Waals surface area contributed by atoms with Crippen molar-refractivity contribution in [2.24, 2.45) is 10.8 Å². The molecule has 0 aromatic heterocycles. The Morgan fingerprint density at radius 3 is 2.05 bits per heavy atom. The Hall–Kier alpha value is -1.11. The van der Waals surface area contributed by atoms with E-state index < -0.39 is 26.1 Å². The van der Waals surface area contributed by atoms with Crippen molar-refractivity contribution in [1.82, 2.24) is 0 Å². The van der Waals surface area contributed by atoms with Crippen LogP contribution in [0.3, 0.4) is 0 Å². The van der Waals surface area contributed by atoms with Gasteiger partial charge in [0.2, 0.25) is 0 Å². The number of ether oxygens (including phenoxy) is 1. The lowest BCUT2D eigenvalue weighted by atomic mass is 9.69. The number of esters is 1. The number of hydrogen-bond acceptors (Lipinski definition) is 5. The van der Waals surface area contributed by atoms with Crippen LogP contribution in [0.1, 0.15) is 38.1 Å². The molecule has 1 aromatic carbocycles. The highest BCUT2D eigenvalue weighted by molar-refractivity contribution is 8.09. The molecular weight excluding hydrogens is 328 g/mol. The molecule has 0 aliphatic rings. The second-order valence-electron chi connectivity index (χ2n) is 6.37. The van der Waals surface area contributed by atoms with Crippen LogP contribution in [0.4, 0.5) is 0 Å². The number of carbonyl (C=O) groups is 1. The van der Waals surface area contributed by atoms with E-state index in [2.05, 4.69) is 4.18 Å². The third-order valence-electron chi connectivity index (χ3n) is 3.97. The fourth-order valence-corrected chi connectivity index (χ4v) is 2.08. The number of hydrogen-bond donors (Lipinski definition) is 0. The quantitative estimate of drug-likeness (QED) is 0.558. The molecule has 0 N–H and O–H groups in total. The lowest BCUT2D eigenvalue weighted by molar-refractivity contribution is -0.0170. The van der Waals surface area contributed by atoms with E-state index in [1.807, 2.05) is 33.8 Å². The van der Waals surface area contributed by atoms with E-state index in [1.165, 1.54) is 0 Å². The normalized spacial score (nSPS) is 13.0. The monoisotopic (exact) mass is 348 g/mol. The lowest BCUT2D eigenvalue weighted by Gasteiger charge is -2.40. The molecule has 0 unspecified atom stereocenters. The highest BCUT2D eigenvalue weighted by Crippen LogP contribution is 2.39. The number of carbonyl (C=O) groups excluding carboxylic acids is 1. The van der Waals surface area contributed by atoms with Gasteiger partial charge in [-0.1, -0.05) is 45.9 Å². The topological polar surface area (TPSA) is 69.7 Å². The van der Waals surface area contributed by atoms with Crippen LogP contribution in [0.25, 0.3) is 0 Å². The van der Waals surface area contributed by atoms with Gasteiger partial charge in [0.05, 0.1) is 18.8 Å². The minimum atomic E-state index is -4.03. The van der Waals surface area contributed by atoms with Gasteiger partial charge >= 0.3 is 15.3 Å². The van der Waals surface area contributed by atoms with E-state index in [4.69, 9.17) is 15.4 Å². The summed E-state index contributed by atoms with van der Waals surface area (Å²) in [6.07, 6.45) is 0. The van der Waals surface area contributed by atoms with Crippen molar-refractivity contribution < 1.29 is 22.1 Å². The third kappa shape index (κ3) is 5.59. The van der Waals surface area contributed by atoms with Gasteiger partial charge in [-0.05, 0) is 17.5 Å². The first-order chi connectivity index (χ1) is 9.95. The summed E-state index contributed by atoms with van der Waals surface area (Å²) in [5.41, 5.74) is -0.624. The molecule has 1 rings (SSSR count). The van der Waals surface area contributed by atoms with Crippen LogP contribution < -0.4 is 0 Å². The van der Waals surface area contributed by atoms with Crippen LogP contribution >= 0.6 is 10.7 Å². The van der Waals surface area contributed by atoms with Gasteiger partial charge in [0, 0.05) is 16.1 Å². The summed E-state index contributed by atoms with van der Waals surface area (Å²) in [7, 11) is 1.03. The van der Waals surface area contributed by atoms with E-state index in [9.17, 15) is 13.2 Å². The van der Waals surface area contributed by atoms with E-state index in [1.54, 1.807) is 24.3 Å². The Bertz CT molecular complexity index is 608. The zero-order valence-corrected chi connectivity index (χ0v) is 14.7. The van der Waals surface area contributed by atoms with Crippen molar-refractivity contribution in [1.29, 1.82) is 0 Å². The number of halogens is 1. The molecule has 0 heterocycles. The van der Waals surface area contributed by atoms with Crippen LogP contribution in [0.5, 0.6) is 0 Å². The average molecular weight is 349 g/mol. The standard InChI is InChI=1S/C15H21ClO5S/c1-14(2,15(3,4)11-21-22(16,18)19)10-20-13(17)12-8-6-5-7-9-12/h5-9H,10-11H2,1-4H3. The summed E-state index contributed by atoms with van der Waals surface area (Å²) in [6, 6.07) is 8.66. The van der Waals surface area contributed by atoms with E-state index >= 15 is 0 Å². The smallest absolute Gasteiger partial charge is 0.355 e. The molecule has 0 atom stereocenters. The first-order valence-electron chi connectivity index (χ1n) is 6.76. The summed E-state index contributed by atoms with van der Waals surface area (Å²) in [6.45, 7) is 7.41. The Morgan fingerprint density at radius 2 is 1.55 bits per heavy atom. The molecule has 5 nitrogen and oxygen atoms in total. The van der Waals surface area contributed by atoms with Crippen molar-refractivity contribution >= 4 is 26.0 Å². The van der Waals surface area contributed by atoms with Gasteiger partial charge in [0.1, 0.15) is 0 Å². The zero-order chi connectivity index (χ0) is 17.0. The molecule has 0 aliphatic heterocycles. The fraction of sp³-hybridized carbons (Fsp3) is 0.533. The van der Waals surface area contributed by atoms with Crippen LogP contribution in [0, 0.1) is 10.8 Å². The minimum absolute atomic E-state index is 0.102. The molecule has 7 heteroatoms. The van der Waals surface area contributed by atoms with Crippen LogP contribution in [-0.2, 0) is 18.3 Å². The van der Waals surface area contributed by atoms with Crippen LogP contribution in [0.15, 0.2) is 30.3 Å². The van der Waals surface area contributed by atoms with Crippen molar-refractivity contribution in [3.05, 3.63) is 35.9 Å². The second kappa shape index (κ2) is 6.98. The Balaban J connectivity index is 2.67. The molecule has 0 amide bonds. The first kappa shape index (κ1) is 18.9. The highest BCUT2D eigenvalue weighted by atomic mass is 35.7. The second-order valence-corrected chi connectivity index (χ2v) is 8.52. The summed E-state index contributed by atoms with van der Waals surface area (Å²) in [5.74, 6) is -0.421. The molecule has 0 saturated carbocycles. The Labute approximate surface area is 136 Å². The average Bonchev–Trinajstić information content (AvgIpc) is 2.43. The van der Waals surface area contributed by atoms with Gasteiger partial charge in [0.15, 0.2) is 0 Å². The Morgan fingerprint density at radius 1 is 1.05 bits per heavy atom. The molecule has 0 aliphatic carbocycles. The molecule has 0 radical (unpaired) electrons. The maximum absolute atomic E-state index is 12.0. The van der Waals surface area contributed by atoms with Gasteiger partial charge in [-0.2, -0.15) is 8.42 Å². The summed E-state index contributed by atoms with van der Waals surface area (Å²) in [4.78, 5) is 12.0. The maximum Gasteiger partial charge on any atom is 0.355 e. The van der Waals surface area contributed by atoms with E-state index in [-0.39, 0.29) is 13.2 Å². The molecule has 0 bridgehead atoms. The predicted octanol–water partition coefficient (Wildman–Crippen LogP) is 3.40. The minimum Gasteiger partial charge on any atom is -0.462 e. The van der Waals surface area contributed by atoms with Crippen LogP contribution in [-0.4, -0.2) is 27.6 Å². The largest absolute Gasteiger partial charge is 0.462 e. The fourth-order valence-electron chi connectivity index (χ4n) is 1.51. The molecule has 124 valence electrons. The Kier molecular flexibility index (Phi) is 6.01. The lowest BCUT2D eigenvalue weighted by Crippen LogP contribution is -2.41. The van der Waals surface area contributed by atoms with Crippen LogP contribution in [0.2, 0.25) is 0 Å². The SMILES string of the molecule is CC(C)(COC(=O)c1ccccc1)C(C)(C)COS(=O)(=O)Cl. The van der Waals surface area contributed by atoms with Crippen molar-refractivity contribution in [2.75, 3.05) is 13.2 Å². The maximum atomic E-state index is 12.0. The van der Waals surface area contributed by atoms with Crippen molar-refractivity contribution in [3.63, 3.8) is 0 Å². The van der Waals surface area contributed by atoms with Gasteiger partial charge in [-0.3, -0.25) is 4.18 Å². The molecule has 0 spiro atoms. The van der Waals surface area contributed by atoms with Crippen molar-refractivity contribution in [2.45, 2.75) is 27.7 Å². The van der Waals surface area contributed by atoms with E-state index in [0.717, 1.165) is 0 Å². The van der Waals surface area contributed by atoms with Gasteiger partial charge in [-0.25, -0.2) is 4.79 Å². The van der Waals surface area contributed by atoms with Gasteiger partial charge in [0.25, 0.3) is 0 Å². The summed E-state index contributed by atoms with van der Waals surface area (Å²) < 4.78 is 31.8. The van der Waals surface area contributed by atoms with E-state index in [0.29, 0.717) is 5.56 Å². The predicted molar refractivity (Wildman–Crippen MR) is 85.0 cm³/mol. The molecular formula is C15H21ClO5S. The third-order valence-corrected chi connectivity index (χ3v) is 4.63.